The second-order valence-corrected chi connectivity index (χ2v) is 8.41. The van der Waals surface area contributed by atoms with E-state index in [0.29, 0.717) is 10.4 Å². The summed E-state index contributed by atoms with van der Waals surface area (Å²) >= 11 is 1.14. The van der Waals surface area contributed by atoms with Crippen LogP contribution in [0.5, 0.6) is 0 Å². The summed E-state index contributed by atoms with van der Waals surface area (Å²) in [5.74, 6) is -0.699. The first-order chi connectivity index (χ1) is 15.6. The van der Waals surface area contributed by atoms with Crippen molar-refractivity contribution in [2.75, 3.05) is 5.32 Å². The third-order valence-corrected chi connectivity index (χ3v) is 6.24. The van der Waals surface area contributed by atoms with Crippen molar-refractivity contribution >= 4 is 33.1 Å². The number of alkyl halides is 3. The monoisotopic (exact) mass is 473 g/mol. The summed E-state index contributed by atoms with van der Waals surface area (Å²) in [6.07, 6.45) is -4.55. The summed E-state index contributed by atoms with van der Waals surface area (Å²) in [5, 5.41) is 4.04. The van der Waals surface area contributed by atoms with Crippen molar-refractivity contribution in [1.82, 2.24) is 9.13 Å². The fourth-order valence-corrected chi connectivity index (χ4v) is 4.37. The third kappa shape index (κ3) is 4.21. The van der Waals surface area contributed by atoms with E-state index >= 15 is 0 Å². The minimum absolute atomic E-state index is 0.0488. The summed E-state index contributed by atoms with van der Waals surface area (Å²) in [4.78, 5) is 39.1. The van der Waals surface area contributed by atoms with Crippen LogP contribution in [0.4, 0.5) is 18.9 Å². The lowest BCUT2D eigenvalue weighted by atomic mass is 10.1. The maximum atomic E-state index is 13.3. The Morgan fingerprint density at radius 2 is 1.79 bits per heavy atom. The number of nitrogens with zero attached hydrogens (tertiary/aromatic N) is 2. The molecule has 2 aromatic carbocycles. The van der Waals surface area contributed by atoms with E-state index in [2.05, 4.69) is 5.32 Å². The molecular formula is C23H18F3N3O3S. The van der Waals surface area contributed by atoms with Gasteiger partial charge in [0.2, 0.25) is 5.91 Å². The largest absolute Gasteiger partial charge is 0.416 e. The van der Waals surface area contributed by atoms with E-state index < -0.39 is 35.4 Å². The molecule has 4 rings (SSSR count). The highest BCUT2D eigenvalue weighted by atomic mass is 32.1. The average molecular weight is 473 g/mol. The van der Waals surface area contributed by atoms with E-state index in [4.69, 9.17) is 0 Å². The number of carbonyl (C=O) groups is 1. The van der Waals surface area contributed by atoms with E-state index in [1.165, 1.54) is 12.1 Å². The standard InChI is InChI=1S/C23H18F3N3O3S/c1-13-5-3-8-17(14(13)2)29-21(31)20-18(9-10-33-20)28(22(29)32)12-19(30)27-16-7-4-6-15(11-16)23(24,25)26/h3-11H,12H2,1-2H3,(H,27,30). The summed E-state index contributed by atoms with van der Waals surface area (Å²) < 4.78 is 41.3. The Morgan fingerprint density at radius 1 is 1.06 bits per heavy atom. The van der Waals surface area contributed by atoms with Crippen molar-refractivity contribution < 1.29 is 18.0 Å². The van der Waals surface area contributed by atoms with Crippen LogP contribution in [0.15, 0.2) is 63.5 Å². The topological polar surface area (TPSA) is 73.1 Å². The molecule has 0 aliphatic carbocycles. The van der Waals surface area contributed by atoms with Crippen LogP contribution in [0.2, 0.25) is 0 Å². The molecule has 2 aromatic heterocycles. The number of nitrogens with one attached hydrogen (secondary N) is 1. The number of amides is 1. The van der Waals surface area contributed by atoms with E-state index in [9.17, 15) is 27.6 Å². The summed E-state index contributed by atoms with van der Waals surface area (Å²) in [6.45, 7) is 3.17. The molecule has 1 amide bonds. The SMILES string of the molecule is Cc1cccc(-n2c(=O)c3sccc3n(CC(=O)Nc3cccc(C(F)(F)F)c3)c2=O)c1C. The fourth-order valence-electron chi connectivity index (χ4n) is 3.55. The molecule has 0 fully saturated rings. The van der Waals surface area contributed by atoms with E-state index in [1.54, 1.807) is 30.5 Å². The van der Waals surface area contributed by atoms with Gasteiger partial charge in [0.15, 0.2) is 0 Å². The molecule has 2 heterocycles. The Bertz CT molecular complexity index is 1500. The number of fused-ring (bicyclic) bond motifs is 1. The zero-order valence-corrected chi connectivity index (χ0v) is 18.4. The number of hydrogen-bond donors (Lipinski definition) is 1. The maximum Gasteiger partial charge on any atom is 0.416 e. The zero-order chi connectivity index (χ0) is 23.9. The Hall–Kier alpha value is -3.66. The van der Waals surface area contributed by atoms with Crippen molar-refractivity contribution in [2.24, 2.45) is 0 Å². The number of anilines is 1. The van der Waals surface area contributed by atoms with Gasteiger partial charge in [0.05, 0.1) is 16.8 Å². The number of rotatable bonds is 4. The number of hydrogen-bond acceptors (Lipinski definition) is 4. The summed E-state index contributed by atoms with van der Waals surface area (Å²) in [5.41, 5.74) is 0.176. The highest BCUT2D eigenvalue weighted by Crippen LogP contribution is 2.30. The molecule has 0 atom stereocenters. The van der Waals surface area contributed by atoms with Gasteiger partial charge in [-0.2, -0.15) is 13.2 Å². The van der Waals surface area contributed by atoms with E-state index in [0.717, 1.165) is 43.7 Å². The predicted octanol–water partition coefficient (Wildman–Crippen LogP) is 4.49. The molecule has 0 radical (unpaired) electrons. The first-order valence-electron chi connectivity index (χ1n) is 9.84. The molecule has 0 bridgehead atoms. The number of aryl methyl sites for hydroxylation is 1. The third-order valence-electron chi connectivity index (χ3n) is 5.35. The number of halogens is 3. The van der Waals surface area contributed by atoms with Crippen molar-refractivity contribution in [1.29, 1.82) is 0 Å². The first kappa shape index (κ1) is 22.5. The molecule has 0 saturated carbocycles. The molecule has 10 heteroatoms. The number of carbonyl (C=O) groups excluding carboxylic acids is 1. The summed E-state index contributed by atoms with van der Waals surface area (Å²) in [6, 6.07) is 11.0. The summed E-state index contributed by atoms with van der Waals surface area (Å²) in [7, 11) is 0. The van der Waals surface area contributed by atoms with Gasteiger partial charge in [-0.1, -0.05) is 18.2 Å². The van der Waals surface area contributed by atoms with Gasteiger partial charge < -0.3 is 5.32 Å². The van der Waals surface area contributed by atoms with Crippen molar-refractivity contribution in [3.63, 3.8) is 0 Å². The number of thiophene rings is 1. The molecule has 6 nitrogen and oxygen atoms in total. The van der Waals surface area contributed by atoms with Gasteiger partial charge in [-0.15, -0.1) is 11.3 Å². The molecule has 33 heavy (non-hydrogen) atoms. The molecule has 1 N–H and O–H groups in total. The van der Waals surface area contributed by atoms with Crippen LogP contribution in [-0.4, -0.2) is 15.0 Å². The number of aromatic nitrogens is 2. The Labute approximate surface area is 189 Å². The lowest BCUT2D eigenvalue weighted by Crippen LogP contribution is -2.40. The quantitative estimate of drug-likeness (QED) is 0.475. The second kappa shape index (κ2) is 8.36. The number of benzene rings is 2. The van der Waals surface area contributed by atoms with Gasteiger partial charge in [-0.3, -0.25) is 14.2 Å². The molecule has 0 unspecified atom stereocenters. The minimum atomic E-state index is -4.55. The first-order valence-corrected chi connectivity index (χ1v) is 10.7. The van der Waals surface area contributed by atoms with Crippen LogP contribution >= 0.6 is 11.3 Å². The van der Waals surface area contributed by atoms with Gasteiger partial charge in [0, 0.05) is 5.69 Å². The van der Waals surface area contributed by atoms with Crippen molar-refractivity contribution in [3.05, 3.63) is 91.4 Å². The van der Waals surface area contributed by atoms with Gasteiger partial charge in [0.1, 0.15) is 11.2 Å². The van der Waals surface area contributed by atoms with E-state index in [1.807, 2.05) is 13.0 Å². The van der Waals surface area contributed by atoms with Crippen molar-refractivity contribution in [3.8, 4) is 5.69 Å². The molecule has 170 valence electrons. The maximum absolute atomic E-state index is 13.3. The fraction of sp³-hybridized carbons (Fsp3) is 0.174. The van der Waals surface area contributed by atoms with Crippen LogP contribution in [0, 0.1) is 13.8 Å². The van der Waals surface area contributed by atoms with Crippen molar-refractivity contribution in [2.45, 2.75) is 26.6 Å². The van der Waals surface area contributed by atoms with Crippen LogP contribution in [0.1, 0.15) is 16.7 Å². The molecule has 4 aromatic rings. The Balaban J connectivity index is 1.77. The highest BCUT2D eigenvalue weighted by molar-refractivity contribution is 7.17. The molecular weight excluding hydrogens is 455 g/mol. The average Bonchev–Trinajstić information content (AvgIpc) is 3.24. The smallest absolute Gasteiger partial charge is 0.325 e. The molecule has 0 spiro atoms. The van der Waals surface area contributed by atoms with Crippen LogP contribution < -0.4 is 16.6 Å². The molecule has 0 aliphatic heterocycles. The van der Waals surface area contributed by atoms with E-state index in [-0.39, 0.29) is 11.2 Å². The van der Waals surface area contributed by atoms with Crippen LogP contribution in [-0.2, 0) is 17.5 Å². The van der Waals surface area contributed by atoms with Gasteiger partial charge in [-0.05, 0) is 60.7 Å². The Morgan fingerprint density at radius 3 is 2.52 bits per heavy atom. The molecule has 0 aliphatic rings. The normalized spacial score (nSPS) is 11.7. The second-order valence-electron chi connectivity index (χ2n) is 7.49. The van der Waals surface area contributed by atoms with Gasteiger partial charge >= 0.3 is 11.9 Å². The van der Waals surface area contributed by atoms with Gasteiger partial charge in [0.25, 0.3) is 5.56 Å². The lowest BCUT2D eigenvalue weighted by Gasteiger charge is -2.15. The minimum Gasteiger partial charge on any atom is -0.325 e. The van der Waals surface area contributed by atoms with Crippen LogP contribution in [0.3, 0.4) is 0 Å². The van der Waals surface area contributed by atoms with Crippen LogP contribution in [0.25, 0.3) is 15.9 Å². The zero-order valence-electron chi connectivity index (χ0n) is 17.6. The predicted molar refractivity (Wildman–Crippen MR) is 121 cm³/mol. The lowest BCUT2D eigenvalue weighted by molar-refractivity contribution is -0.137. The molecule has 0 saturated heterocycles. The van der Waals surface area contributed by atoms with Gasteiger partial charge in [-0.25, -0.2) is 9.36 Å². The highest BCUT2D eigenvalue weighted by Gasteiger charge is 2.30. The Kier molecular flexibility index (Phi) is 5.71.